The number of benzene rings is 2. The Kier molecular flexibility index (Phi) is 6.98. The first-order chi connectivity index (χ1) is 14.2. The topological polar surface area (TPSA) is 66.5 Å². The maximum Gasteiger partial charge on any atom is 0.243 e. The number of hydrogen-bond donors (Lipinski definition) is 1. The van der Waals surface area contributed by atoms with E-state index in [2.05, 4.69) is 25.2 Å². The van der Waals surface area contributed by atoms with Gasteiger partial charge < -0.3 is 5.32 Å². The van der Waals surface area contributed by atoms with Gasteiger partial charge in [0.2, 0.25) is 15.9 Å². The van der Waals surface area contributed by atoms with Crippen molar-refractivity contribution in [2.45, 2.75) is 57.8 Å². The smallest absolute Gasteiger partial charge is 0.243 e. The molecule has 0 spiro atoms. The van der Waals surface area contributed by atoms with Crippen LogP contribution < -0.4 is 5.32 Å². The van der Waals surface area contributed by atoms with Crippen LogP contribution in [0.15, 0.2) is 47.4 Å². The normalized spacial score (nSPS) is 16.9. The van der Waals surface area contributed by atoms with Gasteiger partial charge in [0, 0.05) is 24.7 Å². The minimum Gasteiger partial charge on any atom is -0.326 e. The predicted octanol–water partition coefficient (Wildman–Crippen LogP) is 4.86. The van der Waals surface area contributed by atoms with Crippen molar-refractivity contribution in [1.29, 1.82) is 0 Å². The van der Waals surface area contributed by atoms with Crippen molar-refractivity contribution in [3.63, 3.8) is 0 Å². The summed E-state index contributed by atoms with van der Waals surface area (Å²) in [6.45, 7) is 8.90. The lowest BCUT2D eigenvalue weighted by Crippen LogP contribution is -2.41. The number of rotatable bonds is 6. The SMILES string of the molecule is CC[C@H](C)c1ccccc1NC(=O)C1CCN(S(=O)(=O)c2ccc(C)c(C)c2)CC1. The summed E-state index contributed by atoms with van der Waals surface area (Å²) in [5, 5.41) is 3.09. The molecule has 1 aliphatic heterocycles. The molecule has 1 aliphatic rings. The summed E-state index contributed by atoms with van der Waals surface area (Å²) in [7, 11) is -3.53. The van der Waals surface area contributed by atoms with E-state index in [9.17, 15) is 13.2 Å². The van der Waals surface area contributed by atoms with E-state index in [-0.39, 0.29) is 11.8 Å². The molecule has 0 aliphatic carbocycles. The molecular formula is C24H32N2O3S. The first kappa shape index (κ1) is 22.5. The Bertz CT molecular complexity index is 1010. The lowest BCUT2D eigenvalue weighted by Gasteiger charge is -2.31. The lowest BCUT2D eigenvalue weighted by molar-refractivity contribution is -0.120. The van der Waals surface area contributed by atoms with Gasteiger partial charge in [-0.25, -0.2) is 8.42 Å². The van der Waals surface area contributed by atoms with E-state index in [1.165, 1.54) is 4.31 Å². The molecule has 0 radical (unpaired) electrons. The fourth-order valence-electron chi connectivity index (χ4n) is 3.88. The van der Waals surface area contributed by atoms with E-state index in [0.717, 1.165) is 28.8 Å². The number of para-hydroxylation sites is 1. The molecule has 1 atom stereocenters. The van der Waals surface area contributed by atoms with Crippen molar-refractivity contribution in [3.05, 3.63) is 59.2 Å². The summed E-state index contributed by atoms with van der Waals surface area (Å²) in [5.74, 6) is 0.168. The molecule has 5 nitrogen and oxygen atoms in total. The summed E-state index contributed by atoms with van der Waals surface area (Å²) in [4.78, 5) is 13.2. The van der Waals surface area contributed by atoms with Crippen molar-refractivity contribution in [1.82, 2.24) is 4.31 Å². The molecule has 3 rings (SSSR count). The van der Waals surface area contributed by atoms with Crippen LogP contribution in [0.4, 0.5) is 5.69 Å². The van der Waals surface area contributed by atoms with Gasteiger partial charge in [0.15, 0.2) is 0 Å². The van der Waals surface area contributed by atoms with Crippen LogP contribution in [0.5, 0.6) is 0 Å². The third kappa shape index (κ3) is 4.76. The molecule has 1 saturated heterocycles. The monoisotopic (exact) mass is 428 g/mol. The van der Waals surface area contributed by atoms with Crippen molar-refractivity contribution in [2.75, 3.05) is 18.4 Å². The molecule has 30 heavy (non-hydrogen) atoms. The zero-order valence-corrected chi connectivity index (χ0v) is 19.1. The molecule has 1 fully saturated rings. The number of amides is 1. The van der Waals surface area contributed by atoms with Crippen LogP contribution in [0.2, 0.25) is 0 Å². The van der Waals surface area contributed by atoms with Gasteiger partial charge in [0.25, 0.3) is 0 Å². The van der Waals surface area contributed by atoms with Crippen LogP contribution in [-0.2, 0) is 14.8 Å². The molecule has 0 unspecified atom stereocenters. The molecule has 1 heterocycles. The van der Waals surface area contributed by atoms with Gasteiger partial charge in [-0.2, -0.15) is 4.31 Å². The fraction of sp³-hybridized carbons (Fsp3) is 0.458. The standard InChI is InChI=1S/C24H32N2O3S/c1-5-17(2)22-8-6-7-9-23(22)25-24(27)20-12-14-26(15-13-20)30(28,29)21-11-10-18(3)19(4)16-21/h6-11,16-17,20H,5,12-15H2,1-4H3,(H,25,27)/t17-/m0/s1. The number of sulfonamides is 1. The molecule has 2 aromatic rings. The van der Waals surface area contributed by atoms with Crippen LogP contribution in [0, 0.1) is 19.8 Å². The number of carbonyl (C=O) groups excluding carboxylic acids is 1. The Morgan fingerprint density at radius 3 is 2.40 bits per heavy atom. The highest BCUT2D eigenvalue weighted by Gasteiger charge is 2.32. The van der Waals surface area contributed by atoms with E-state index in [1.807, 2.05) is 38.1 Å². The van der Waals surface area contributed by atoms with Crippen molar-refractivity contribution in [2.24, 2.45) is 5.92 Å². The number of carbonyl (C=O) groups is 1. The second-order valence-corrected chi connectivity index (χ2v) is 10.2. The molecule has 6 heteroatoms. The van der Waals surface area contributed by atoms with E-state index in [0.29, 0.717) is 36.7 Å². The molecular weight excluding hydrogens is 396 g/mol. The second kappa shape index (κ2) is 9.31. The van der Waals surface area contributed by atoms with Gasteiger partial charge >= 0.3 is 0 Å². The lowest BCUT2D eigenvalue weighted by atomic mass is 9.94. The number of aryl methyl sites for hydroxylation is 2. The van der Waals surface area contributed by atoms with Crippen LogP contribution in [-0.4, -0.2) is 31.7 Å². The number of hydrogen-bond acceptors (Lipinski definition) is 3. The van der Waals surface area contributed by atoms with Crippen molar-refractivity contribution in [3.8, 4) is 0 Å². The highest BCUT2D eigenvalue weighted by molar-refractivity contribution is 7.89. The van der Waals surface area contributed by atoms with E-state index >= 15 is 0 Å². The number of piperidine rings is 1. The van der Waals surface area contributed by atoms with Gasteiger partial charge in [0.05, 0.1) is 4.90 Å². The van der Waals surface area contributed by atoms with Crippen LogP contribution in [0.1, 0.15) is 55.7 Å². The number of anilines is 1. The highest BCUT2D eigenvalue weighted by Crippen LogP contribution is 2.29. The van der Waals surface area contributed by atoms with Gasteiger partial charge in [0.1, 0.15) is 0 Å². The Morgan fingerprint density at radius 2 is 1.77 bits per heavy atom. The number of nitrogens with one attached hydrogen (secondary N) is 1. The Labute approximate surface area is 180 Å². The highest BCUT2D eigenvalue weighted by atomic mass is 32.2. The maximum atomic E-state index is 13.0. The molecule has 1 amide bonds. The van der Waals surface area contributed by atoms with Gasteiger partial charge in [-0.05, 0) is 73.9 Å². The summed E-state index contributed by atoms with van der Waals surface area (Å²) < 4.78 is 27.5. The summed E-state index contributed by atoms with van der Waals surface area (Å²) in [6.07, 6.45) is 2.06. The van der Waals surface area contributed by atoms with E-state index < -0.39 is 10.0 Å². The Balaban J connectivity index is 1.65. The van der Waals surface area contributed by atoms with E-state index in [4.69, 9.17) is 0 Å². The predicted molar refractivity (Wildman–Crippen MR) is 121 cm³/mol. The third-order valence-corrected chi connectivity index (χ3v) is 8.20. The first-order valence-electron chi connectivity index (χ1n) is 10.7. The molecule has 0 aromatic heterocycles. The minimum atomic E-state index is -3.53. The first-order valence-corrected chi connectivity index (χ1v) is 12.1. The van der Waals surface area contributed by atoms with Crippen molar-refractivity contribution < 1.29 is 13.2 Å². The minimum absolute atomic E-state index is 0.0195. The molecule has 2 aromatic carbocycles. The largest absolute Gasteiger partial charge is 0.326 e. The molecule has 1 N–H and O–H groups in total. The quantitative estimate of drug-likeness (QED) is 0.715. The number of nitrogens with zero attached hydrogens (tertiary/aromatic N) is 1. The van der Waals surface area contributed by atoms with Crippen LogP contribution in [0.3, 0.4) is 0 Å². The summed E-state index contributed by atoms with van der Waals surface area (Å²) >= 11 is 0. The van der Waals surface area contributed by atoms with Gasteiger partial charge in [-0.15, -0.1) is 0 Å². The third-order valence-electron chi connectivity index (χ3n) is 6.30. The maximum absolute atomic E-state index is 13.0. The van der Waals surface area contributed by atoms with Crippen LogP contribution in [0.25, 0.3) is 0 Å². The summed E-state index contributed by atoms with van der Waals surface area (Å²) in [6, 6.07) is 13.2. The van der Waals surface area contributed by atoms with Gasteiger partial charge in [-0.3, -0.25) is 4.79 Å². The molecule has 162 valence electrons. The Morgan fingerprint density at radius 1 is 1.10 bits per heavy atom. The second-order valence-electron chi connectivity index (χ2n) is 8.31. The fourth-order valence-corrected chi connectivity index (χ4v) is 5.43. The van der Waals surface area contributed by atoms with Crippen LogP contribution >= 0.6 is 0 Å². The van der Waals surface area contributed by atoms with Crippen molar-refractivity contribution >= 4 is 21.6 Å². The average molecular weight is 429 g/mol. The van der Waals surface area contributed by atoms with E-state index in [1.54, 1.807) is 12.1 Å². The zero-order chi connectivity index (χ0) is 21.9. The molecule has 0 saturated carbocycles. The summed E-state index contributed by atoms with van der Waals surface area (Å²) in [5.41, 5.74) is 4.04. The van der Waals surface area contributed by atoms with Gasteiger partial charge in [-0.1, -0.05) is 38.1 Å². The zero-order valence-electron chi connectivity index (χ0n) is 18.3. The average Bonchev–Trinajstić information content (AvgIpc) is 2.75. The Hall–Kier alpha value is -2.18. The molecule has 0 bridgehead atoms.